The number of benzene rings is 1. The molecule has 0 amide bonds. The van der Waals surface area contributed by atoms with Crippen LogP contribution in [-0.2, 0) is 13.1 Å². The highest BCUT2D eigenvalue weighted by molar-refractivity contribution is 5.30. The molecule has 2 aromatic rings. The summed E-state index contributed by atoms with van der Waals surface area (Å²) in [6.07, 6.45) is 1.82. The molecular formula is C15H19N3O. The molecule has 2 N–H and O–H groups in total. The van der Waals surface area contributed by atoms with Gasteiger partial charge in [0, 0.05) is 19.3 Å². The second-order valence-corrected chi connectivity index (χ2v) is 4.62. The van der Waals surface area contributed by atoms with Crippen molar-refractivity contribution in [2.45, 2.75) is 13.1 Å². The highest BCUT2D eigenvalue weighted by atomic mass is 16.5. The lowest BCUT2D eigenvalue weighted by Crippen LogP contribution is -2.17. The first-order chi connectivity index (χ1) is 9.17. The van der Waals surface area contributed by atoms with Gasteiger partial charge in [0.2, 0.25) is 0 Å². The van der Waals surface area contributed by atoms with Crippen LogP contribution in [0.2, 0.25) is 0 Å². The summed E-state index contributed by atoms with van der Waals surface area (Å²) in [5.74, 6) is 1.44. The lowest BCUT2D eigenvalue weighted by atomic mass is 10.2. The molecule has 4 nitrogen and oxygen atoms in total. The van der Waals surface area contributed by atoms with E-state index < -0.39 is 0 Å². The third-order valence-electron chi connectivity index (χ3n) is 2.89. The summed E-state index contributed by atoms with van der Waals surface area (Å²) in [5, 5.41) is 0. The van der Waals surface area contributed by atoms with Gasteiger partial charge >= 0.3 is 0 Å². The summed E-state index contributed by atoms with van der Waals surface area (Å²) in [4.78, 5) is 6.32. The monoisotopic (exact) mass is 257 g/mol. The van der Waals surface area contributed by atoms with E-state index in [4.69, 9.17) is 10.5 Å². The molecule has 0 atom stereocenters. The minimum atomic E-state index is 0.555. The summed E-state index contributed by atoms with van der Waals surface area (Å²) >= 11 is 0. The zero-order valence-electron chi connectivity index (χ0n) is 11.3. The fraction of sp³-hybridized carbons (Fsp3) is 0.267. The van der Waals surface area contributed by atoms with Crippen LogP contribution >= 0.6 is 0 Å². The van der Waals surface area contributed by atoms with Crippen molar-refractivity contribution in [2.75, 3.05) is 19.9 Å². The number of pyridine rings is 1. The predicted octanol–water partition coefficient (Wildman–Crippen LogP) is 2.30. The normalized spacial score (nSPS) is 10.7. The van der Waals surface area contributed by atoms with E-state index in [1.165, 1.54) is 5.56 Å². The maximum Gasteiger partial charge on any atom is 0.123 e. The van der Waals surface area contributed by atoms with Crippen LogP contribution in [0.4, 0.5) is 5.82 Å². The van der Waals surface area contributed by atoms with Gasteiger partial charge in [-0.3, -0.25) is 4.90 Å². The van der Waals surface area contributed by atoms with Crippen molar-refractivity contribution in [3.8, 4) is 5.75 Å². The van der Waals surface area contributed by atoms with Gasteiger partial charge in [0.15, 0.2) is 0 Å². The Kier molecular flexibility index (Phi) is 4.36. The van der Waals surface area contributed by atoms with Crippen LogP contribution in [0.15, 0.2) is 42.6 Å². The van der Waals surface area contributed by atoms with Crippen molar-refractivity contribution in [1.29, 1.82) is 0 Å². The number of nitrogens with zero attached hydrogens (tertiary/aromatic N) is 2. The van der Waals surface area contributed by atoms with E-state index >= 15 is 0 Å². The van der Waals surface area contributed by atoms with Crippen LogP contribution in [0.1, 0.15) is 11.1 Å². The number of methoxy groups -OCH3 is 1. The summed E-state index contributed by atoms with van der Waals surface area (Å²) in [6.45, 7) is 1.70. The summed E-state index contributed by atoms with van der Waals surface area (Å²) < 4.78 is 5.23. The molecule has 0 bridgehead atoms. The third kappa shape index (κ3) is 3.96. The number of aromatic nitrogens is 1. The van der Waals surface area contributed by atoms with Crippen LogP contribution in [0.3, 0.4) is 0 Å². The Balaban J connectivity index is 1.96. The fourth-order valence-electron chi connectivity index (χ4n) is 1.98. The molecule has 0 aliphatic carbocycles. The fourth-order valence-corrected chi connectivity index (χ4v) is 1.98. The van der Waals surface area contributed by atoms with Crippen LogP contribution in [0, 0.1) is 0 Å². The summed E-state index contributed by atoms with van der Waals surface area (Å²) in [6, 6.07) is 11.9. The second-order valence-electron chi connectivity index (χ2n) is 4.62. The Morgan fingerprint density at radius 3 is 2.63 bits per heavy atom. The highest BCUT2D eigenvalue weighted by Gasteiger charge is 2.03. The van der Waals surface area contributed by atoms with E-state index in [-0.39, 0.29) is 0 Å². The van der Waals surface area contributed by atoms with E-state index in [9.17, 15) is 0 Å². The number of hydrogen-bond donors (Lipinski definition) is 1. The van der Waals surface area contributed by atoms with Crippen LogP contribution in [-0.4, -0.2) is 24.0 Å². The highest BCUT2D eigenvalue weighted by Crippen LogP contribution is 2.15. The molecule has 0 saturated heterocycles. The molecule has 4 heteroatoms. The van der Waals surface area contributed by atoms with E-state index in [1.54, 1.807) is 7.11 Å². The van der Waals surface area contributed by atoms with Gasteiger partial charge in [-0.1, -0.05) is 18.2 Å². The van der Waals surface area contributed by atoms with Crippen molar-refractivity contribution in [3.05, 3.63) is 53.7 Å². The number of hydrogen-bond acceptors (Lipinski definition) is 4. The molecule has 1 aromatic heterocycles. The molecule has 0 unspecified atom stereocenters. The Labute approximate surface area is 113 Å². The SMILES string of the molecule is COc1cccc(CN(C)Cc2ccc(N)nc2)c1. The average molecular weight is 257 g/mol. The van der Waals surface area contributed by atoms with Gasteiger partial charge in [0.25, 0.3) is 0 Å². The Morgan fingerprint density at radius 1 is 1.16 bits per heavy atom. The lowest BCUT2D eigenvalue weighted by molar-refractivity contribution is 0.318. The molecule has 0 fully saturated rings. The van der Waals surface area contributed by atoms with Crippen LogP contribution in [0.5, 0.6) is 5.75 Å². The van der Waals surface area contributed by atoms with Crippen molar-refractivity contribution in [2.24, 2.45) is 0 Å². The van der Waals surface area contributed by atoms with Crippen molar-refractivity contribution in [1.82, 2.24) is 9.88 Å². The maximum absolute atomic E-state index is 5.57. The van der Waals surface area contributed by atoms with Crippen LogP contribution < -0.4 is 10.5 Å². The predicted molar refractivity (Wildman–Crippen MR) is 76.8 cm³/mol. The molecule has 0 spiro atoms. The van der Waals surface area contributed by atoms with Crippen LogP contribution in [0.25, 0.3) is 0 Å². The van der Waals surface area contributed by atoms with Crippen molar-refractivity contribution < 1.29 is 4.74 Å². The zero-order valence-corrected chi connectivity index (χ0v) is 11.3. The van der Waals surface area contributed by atoms with E-state index in [0.717, 1.165) is 24.4 Å². The first-order valence-corrected chi connectivity index (χ1v) is 6.19. The summed E-state index contributed by atoms with van der Waals surface area (Å²) in [7, 11) is 3.76. The standard InChI is InChI=1S/C15H19N3O/c1-18(11-13-6-7-15(16)17-9-13)10-12-4-3-5-14(8-12)19-2/h3-9H,10-11H2,1-2H3,(H2,16,17). The van der Waals surface area contributed by atoms with E-state index in [2.05, 4.69) is 29.1 Å². The Morgan fingerprint density at radius 2 is 1.95 bits per heavy atom. The average Bonchev–Trinajstić information content (AvgIpc) is 2.41. The quantitative estimate of drug-likeness (QED) is 0.893. The molecule has 0 radical (unpaired) electrons. The van der Waals surface area contributed by atoms with Gasteiger partial charge in [-0.2, -0.15) is 0 Å². The number of nitrogens with two attached hydrogens (primary N) is 1. The molecule has 2 rings (SSSR count). The van der Waals surface area contributed by atoms with Gasteiger partial charge in [-0.15, -0.1) is 0 Å². The maximum atomic E-state index is 5.57. The second kappa shape index (κ2) is 6.20. The number of anilines is 1. The van der Waals surface area contributed by atoms with Gasteiger partial charge in [0.05, 0.1) is 7.11 Å². The molecule has 19 heavy (non-hydrogen) atoms. The van der Waals surface area contributed by atoms with E-state index in [0.29, 0.717) is 5.82 Å². The smallest absolute Gasteiger partial charge is 0.123 e. The van der Waals surface area contributed by atoms with E-state index in [1.807, 2.05) is 30.5 Å². The zero-order chi connectivity index (χ0) is 13.7. The van der Waals surface area contributed by atoms with Gasteiger partial charge in [-0.25, -0.2) is 4.98 Å². The van der Waals surface area contributed by atoms with Crippen molar-refractivity contribution in [3.63, 3.8) is 0 Å². The minimum absolute atomic E-state index is 0.555. The molecular weight excluding hydrogens is 238 g/mol. The van der Waals surface area contributed by atoms with Gasteiger partial charge in [0.1, 0.15) is 11.6 Å². The van der Waals surface area contributed by atoms with Gasteiger partial charge < -0.3 is 10.5 Å². The largest absolute Gasteiger partial charge is 0.497 e. The number of rotatable bonds is 5. The molecule has 0 saturated carbocycles. The molecule has 1 aromatic carbocycles. The third-order valence-corrected chi connectivity index (χ3v) is 2.89. The first-order valence-electron chi connectivity index (χ1n) is 6.19. The Bertz CT molecular complexity index is 525. The van der Waals surface area contributed by atoms with Gasteiger partial charge in [-0.05, 0) is 36.4 Å². The first kappa shape index (κ1) is 13.4. The Hall–Kier alpha value is -2.07. The molecule has 100 valence electrons. The topological polar surface area (TPSA) is 51.4 Å². The molecule has 0 aliphatic heterocycles. The minimum Gasteiger partial charge on any atom is -0.497 e. The molecule has 1 heterocycles. The summed E-state index contributed by atoms with van der Waals surface area (Å²) in [5.41, 5.74) is 7.95. The molecule has 0 aliphatic rings. The number of nitrogen functional groups attached to an aromatic ring is 1. The number of ether oxygens (including phenoxy) is 1. The lowest BCUT2D eigenvalue weighted by Gasteiger charge is -2.17. The van der Waals surface area contributed by atoms with Crippen molar-refractivity contribution >= 4 is 5.82 Å².